The number of carbonyl (C=O) groups excluding carboxylic acids is 2. The first-order valence-electron chi connectivity index (χ1n) is 7.83. The summed E-state index contributed by atoms with van der Waals surface area (Å²) in [4.78, 5) is 28.2. The van der Waals surface area contributed by atoms with Crippen LogP contribution in [0, 0.1) is 12.3 Å². The lowest BCUT2D eigenvalue weighted by Crippen LogP contribution is -2.24. The third-order valence-corrected chi connectivity index (χ3v) is 3.35. The van der Waals surface area contributed by atoms with E-state index in [1.54, 1.807) is 24.3 Å². The molecule has 2 aromatic rings. The SMILES string of the molecule is C#CCONC(=O)CCC(=O)c1ccc(OCc2ccccc2)cc1. The minimum atomic E-state index is -0.383. The summed E-state index contributed by atoms with van der Waals surface area (Å²) in [7, 11) is 0. The van der Waals surface area contributed by atoms with Gasteiger partial charge in [-0.15, -0.1) is 6.42 Å². The van der Waals surface area contributed by atoms with Gasteiger partial charge in [-0.2, -0.15) is 0 Å². The second kappa shape index (κ2) is 9.91. The summed E-state index contributed by atoms with van der Waals surface area (Å²) in [5.41, 5.74) is 3.78. The van der Waals surface area contributed by atoms with Crippen molar-refractivity contribution in [2.45, 2.75) is 19.4 Å². The van der Waals surface area contributed by atoms with E-state index in [1.165, 1.54) is 0 Å². The molecule has 0 radical (unpaired) electrons. The van der Waals surface area contributed by atoms with Crippen LogP contribution in [-0.4, -0.2) is 18.3 Å². The Bertz CT molecular complexity index is 733. The van der Waals surface area contributed by atoms with Crippen LogP contribution in [0.15, 0.2) is 54.6 Å². The summed E-state index contributed by atoms with van der Waals surface area (Å²) in [5.74, 6) is 2.40. The Morgan fingerprint density at radius 3 is 2.40 bits per heavy atom. The molecule has 0 heterocycles. The van der Waals surface area contributed by atoms with E-state index in [0.29, 0.717) is 17.9 Å². The van der Waals surface area contributed by atoms with E-state index in [2.05, 4.69) is 11.4 Å². The van der Waals surface area contributed by atoms with Gasteiger partial charge in [0.25, 0.3) is 0 Å². The fourth-order valence-corrected chi connectivity index (χ4v) is 2.06. The van der Waals surface area contributed by atoms with Crippen LogP contribution < -0.4 is 10.2 Å². The topological polar surface area (TPSA) is 64.6 Å². The molecule has 5 nitrogen and oxygen atoms in total. The summed E-state index contributed by atoms with van der Waals surface area (Å²) < 4.78 is 5.67. The molecule has 0 aliphatic heterocycles. The highest BCUT2D eigenvalue weighted by Crippen LogP contribution is 2.15. The molecule has 0 saturated carbocycles. The predicted molar refractivity (Wildman–Crippen MR) is 93.7 cm³/mol. The molecule has 0 spiro atoms. The first-order chi connectivity index (χ1) is 12.2. The number of amides is 1. The second-order valence-corrected chi connectivity index (χ2v) is 5.24. The van der Waals surface area contributed by atoms with Gasteiger partial charge in [-0.05, 0) is 29.8 Å². The number of benzene rings is 2. The third-order valence-electron chi connectivity index (χ3n) is 3.35. The molecule has 0 unspecified atom stereocenters. The molecular formula is C20H19NO4. The molecule has 0 atom stereocenters. The van der Waals surface area contributed by atoms with Crippen LogP contribution in [0.3, 0.4) is 0 Å². The maximum Gasteiger partial charge on any atom is 0.244 e. The Labute approximate surface area is 146 Å². The Morgan fingerprint density at radius 2 is 1.72 bits per heavy atom. The minimum absolute atomic E-state index is 0.00979. The van der Waals surface area contributed by atoms with Crippen LogP contribution in [-0.2, 0) is 16.2 Å². The van der Waals surface area contributed by atoms with E-state index in [9.17, 15) is 9.59 Å². The molecule has 2 rings (SSSR count). The molecule has 5 heteroatoms. The monoisotopic (exact) mass is 337 g/mol. The van der Waals surface area contributed by atoms with Gasteiger partial charge in [-0.1, -0.05) is 36.3 Å². The Balaban J connectivity index is 1.78. The largest absolute Gasteiger partial charge is 0.489 e. The van der Waals surface area contributed by atoms with Gasteiger partial charge in [0.2, 0.25) is 5.91 Å². The number of carbonyl (C=O) groups is 2. The number of hydrogen-bond donors (Lipinski definition) is 1. The highest BCUT2D eigenvalue weighted by atomic mass is 16.6. The lowest BCUT2D eigenvalue weighted by Gasteiger charge is -2.07. The third kappa shape index (κ3) is 6.50. The molecule has 0 bridgehead atoms. The Kier molecular flexibility index (Phi) is 7.23. The summed E-state index contributed by atoms with van der Waals surface area (Å²) in [5, 5.41) is 0. The smallest absolute Gasteiger partial charge is 0.244 e. The Morgan fingerprint density at radius 1 is 1.00 bits per heavy atom. The van der Waals surface area contributed by atoms with Gasteiger partial charge < -0.3 is 4.74 Å². The number of rotatable bonds is 9. The number of Topliss-reactive ketones (excluding diaryl/α,β-unsaturated/α-hetero) is 1. The summed E-state index contributed by atoms with van der Waals surface area (Å²) >= 11 is 0. The molecule has 1 amide bonds. The van der Waals surface area contributed by atoms with Crippen LogP contribution in [0.25, 0.3) is 0 Å². The molecule has 0 fully saturated rings. The number of hydroxylamine groups is 1. The maximum atomic E-state index is 12.1. The van der Waals surface area contributed by atoms with Gasteiger partial charge in [-0.25, -0.2) is 5.48 Å². The molecule has 0 aliphatic carbocycles. The van der Waals surface area contributed by atoms with Crippen molar-refractivity contribution in [3.63, 3.8) is 0 Å². The van der Waals surface area contributed by atoms with Gasteiger partial charge >= 0.3 is 0 Å². The van der Waals surface area contributed by atoms with Gasteiger partial charge in [-0.3, -0.25) is 14.4 Å². The van der Waals surface area contributed by atoms with Gasteiger partial charge in [0.1, 0.15) is 19.0 Å². The zero-order valence-corrected chi connectivity index (χ0v) is 13.7. The maximum absolute atomic E-state index is 12.1. The number of ether oxygens (including phenoxy) is 1. The fraction of sp³-hybridized carbons (Fsp3) is 0.200. The van der Waals surface area contributed by atoms with Crippen molar-refractivity contribution >= 4 is 11.7 Å². The van der Waals surface area contributed by atoms with Crippen LogP contribution in [0.2, 0.25) is 0 Å². The van der Waals surface area contributed by atoms with E-state index in [-0.39, 0.29) is 31.1 Å². The molecule has 0 saturated heterocycles. The zero-order valence-electron chi connectivity index (χ0n) is 13.7. The van der Waals surface area contributed by atoms with E-state index >= 15 is 0 Å². The van der Waals surface area contributed by atoms with E-state index < -0.39 is 0 Å². The lowest BCUT2D eigenvalue weighted by atomic mass is 10.1. The summed E-state index contributed by atoms with van der Waals surface area (Å²) in [6, 6.07) is 16.7. The van der Waals surface area contributed by atoms with E-state index in [1.807, 2.05) is 30.3 Å². The first kappa shape index (κ1) is 18.2. The van der Waals surface area contributed by atoms with Crippen molar-refractivity contribution < 1.29 is 19.2 Å². The highest BCUT2D eigenvalue weighted by molar-refractivity contribution is 5.97. The minimum Gasteiger partial charge on any atom is -0.489 e. The highest BCUT2D eigenvalue weighted by Gasteiger charge is 2.09. The molecule has 2 aromatic carbocycles. The fourth-order valence-electron chi connectivity index (χ4n) is 2.06. The van der Waals surface area contributed by atoms with Crippen molar-refractivity contribution in [3.8, 4) is 18.1 Å². The predicted octanol–water partition coefficient (Wildman–Crippen LogP) is 2.91. The van der Waals surface area contributed by atoms with Gasteiger partial charge in [0.15, 0.2) is 5.78 Å². The van der Waals surface area contributed by atoms with Crippen molar-refractivity contribution in [2.24, 2.45) is 0 Å². The molecular weight excluding hydrogens is 318 g/mol. The molecule has 1 N–H and O–H groups in total. The quantitative estimate of drug-likeness (QED) is 0.331. The first-order valence-corrected chi connectivity index (χ1v) is 7.83. The van der Waals surface area contributed by atoms with Crippen LogP contribution in [0.5, 0.6) is 5.75 Å². The van der Waals surface area contributed by atoms with Crippen LogP contribution in [0.1, 0.15) is 28.8 Å². The van der Waals surface area contributed by atoms with Gasteiger partial charge in [0.05, 0.1) is 0 Å². The number of nitrogens with one attached hydrogen (secondary N) is 1. The van der Waals surface area contributed by atoms with Crippen molar-refractivity contribution in [3.05, 3.63) is 65.7 Å². The number of terminal acetylenes is 1. The standard InChI is InChI=1S/C20H19NO4/c1-2-14-25-21-20(23)13-12-19(22)17-8-10-18(11-9-17)24-15-16-6-4-3-5-7-16/h1,3-11H,12-15H2,(H,21,23). The molecule has 128 valence electrons. The molecule has 0 aliphatic rings. The van der Waals surface area contributed by atoms with Crippen LogP contribution in [0.4, 0.5) is 0 Å². The van der Waals surface area contributed by atoms with Gasteiger partial charge in [0, 0.05) is 18.4 Å². The normalized spacial score (nSPS) is 9.88. The summed E-state index contributed by atoms with van der Waals surface area (Å²) in [6.07, 6.45) is 5.12. The van der Waals surface area contributed by atoms with Crippen molar-refractivity contribution in [2.75, 3.05) is 6.61 Å². The van der Waals surface area contributed by atoms with Crippen molar-refractivity contribution in [1.29, 1.82) is 0 Å². The second-order valence-electron chi connectivity index (χ2n) is 5.24. The molecule has 0 aromatic heterocycles. The number of ketones is 1. The van der Waals surface area contributed by atoms with E-state index in [0.717, 1.165) is 5.56 Å². The molecule has 25 heavy (non-hydrogen) atoms. The number of hydrogen-bond acceptors (Lipinski definition) is 4. The van der Waals surface area contributed by atoms with E-state index in [4.69, 9.17) is 16.0 Å². The summed E-state index contributed by atoms with van der Waals surface area (Å²) in [6.45, 7) is 0.454. The van der Waals surface area contributed by atoms with Crippen molar-refractivity contribution in [1.82, 2.24) is 5.48 Å². The average molecular weight is 337 g/mol. The Hall–Kier alpha value is -3.10. The van der Waals surface area contributed by atoms with Crippen LogP contribution >= 0.6 is 0 Å². The zero-order chi connectivity index (χ0) is 17.9. The lowest BCUT2D eigenvalue weighted by molar-refractivity contribution is -0.132. The average Bonchev–Trinajstić information content (AvgIpc) is 2.66.